The third-order valence-electron chi connectivity index (χ3n) is 3.07. The summed E-state index contributed by atoms with van der Waals surface area (Å²) in [6.45, 7) is 0. The van der Waals surface area contributed by atoms with Crippen molar-refractivity contribution in [3.8, 4) is 6.07 Å². The molecule has 102 valence electrons. The van der Waals surface area contributed by atoms with Crippen LogP contribution in [0.2, 0.25) is 0 Å². The zero-order valence-electron chi connectivity index (χ0n) is 11.4. The van der Waals surface area contributed by atoms with Crippen molar-refractivity contribution in [2.24, 2.45) is 0 Å². The molecule has 0 fully saturated rings. The van der Waals surface area contributed by atoms with Gasteiger partial charge in [0.05, 0.1) is 15.8 Å². The molecule has 0 saturated heterocycles. The highest BCUT2D eigenvalue weighted by atomic mass is 32.2. The maximum Gasteiger partial charge on any atom is 0.135 e. The van der Waals surface area contributed by atoms with E-state index in [4.69, 9.17) is 0 Å². The van der Waals surface area contributed by atoms with Gasteiger partial charge in [-0.15, -0.1) is 23.1 Å². The summed E-state index contributed by atoms with van der Waals surface area (Å²) in [7, 11) is 0. The first-order valence-corrected chi connectivity index (χ1v) is 8.46. The van der Waals surface area contributed by atoms with Crippen LogP contribution in [0.25, 0.3) is 21.9 Å². The van der Waals surface area contributed by atoms with Crippen LogP contribution in [-0.2, 0) is 0 Å². The van der Waals surface area contributed by atoms with Crippen LogP contribution in [0.1, 0.15) is 10.6 Å². The molecule has 4 heteroatoms. The van der Waals surface area contributed by atoms with Gasteiger partial charge in [0.25, 0.3) is 0 Å². The molecule has 2 nitrogen and oxygen atoms in total. The van der Waals surface area contributed by atoms with Gasteiger partial charge in [-0.25, -0.2) is 4.98 Å². The Morgan fingerprint density at radius 1 is 1.19 bits per heavy atom. The number of benzene rings is 2. The highest BCUT2D eigenvalue weighted by molar-refractivity contribution is 7.98. The average molecular weight is 308 g/mol. The molecule has 0 saturated carbocycles. The van der Waals surface area contributed by atoms with Crippen molar-refractivity contribution in [3.05, 3.63) is 59.1 Å². The fourth-order valence-corrected chi connectivity index (χ4v) is 3.34. The standard InChI is InChI=1S/C17H12N2S2/c1-20-14-8-6-12(7-9-14)10-13(11-18)17-19-15-4-2-3-5-16(15)21-17/h2-10H,1H3. The van der Waals surface area contributed by atoms with E-state index in [0.29, 0.717) is 5.57 Å². The minimum Gasteiger partial charge on any atom is -0.235 e. The molecule has 3 rings (SSSR count). The van der Waals surface area contributed by atoms with Crippen molar-refractivity contribution in [1.82, 2.24) is 4.98 Å². The molecule has 0 aliphatic rings. The molecule has 1 heterocycles. The number of allylic oxidation sites excluding steroid dienone is 1. The highest BCUT2D eigenvalue weighted by Crippen LogP contribution is 2.28. The fourth-order valence-electron chi connectivity index (χ4n) is 2.00. The summed E-state index contributed by atoms with van der Waals surface area (Å²) in [4.78, 5) is 5.75. The Labute approximate surface area is 131 Å². The van der Waals surface area contributed by atoms with Gasteiger partial charge in [0.1, 0.15) is 11.1 Å². The number of hydrogen-bond donors (Lipinski definition) is 0. The minimum atomic E-state index is 0.605. The van der Waals surface area contributed by atoms with E-state index in [1.165, 1.54) is 4.90 Å². The van der Waals surface area contributed by atoms with Crippen LogP contribution in [0.4, 0.5) is 0 Å². The summed E-state index contributed by atoms with van der Waals surface area (Å²) in [6.07, 6.45) is 3.94. The first kappa shape index (κ1) is 13.9. The second-order valence-corrected chi connectivity index (χ2v) is 6.34. The molecule has 0 spiro atoms. The van der Waals surface area contributed by atoms with E-state index in [1.807, 2.05) is 48.7 Å². The third kappa shape index (κ3) is 2.99. The number of thiazole rings is 1. The average Bonchev–Trinajstić information content (AvgIpc) is 2.97. The van der Waals surface area contributed by atoms with Crippen LogP contribution in [0, 0.1) is 11.3 Å². The molecule has 0 atom stereocenters. The Balaban J connectivity index is 2.00. The number of nitriles is 1. The minimum absolute atomic E-state index is 0.605. The lowest BCUT2D eigenvalue weighted by atomic mass is 10.1. The van der Waals surface area contributed by atoms with Crippen molar-refractivity contribution in [3.63, 3.8) is 0 Å². The first-order valence-electron chi connectivity index (χ1n) is 6.42. The van der Waals surface area contributed by atoms with E-state index in [0.717, 1.165) is 20.8 Å². The molecule has 0 radical (unpaired) electrons. The van der Waals surface area contributed by atoms with Crippen molar-refractivity contribution in [1.29, 1.82) is 5.26 Å². The Morgan fingerprint density at radius 3 is 2.62 bits per heavy atom. The van der Waals surface area contributed by atoms with Gasteiger partial charge in [-0.2, -0.15) is 5.26 Å². The van der Waals surface area contributed by atoms with Crippen LogP contribution in [0.5, 0.6) is 0 Å². The van der Waals surface area contributed by atoms with Crippen LogP contribution in [-0.4, -0.2) is 11.2 Å². The molecule has 0 bridgehead atoms. The largest absolute Gasteiger partial charge is 0.235 e. The van der Waals surface area contributed by atoms with E-state index >= 15 is 0 Å². The third-order valence-corrected chi connectivity index (χ3v) is 4.88. The molecular formula is C17H12N2S2. The Morgan fingerprint density at radius 2 is 1.95 bits per heavy atom. The van der Waals surface area contributed by atoms with Gasteiger partial charge in [-0.3, -0.25) is 0 Å². The van der Waals surface area contributed by atoms with Gasteiger partial charge in [-0.05, 0) is 42.2 Å². The number of hydrogen-bond acceptors (Lipinski definition) is 4. The molecule has 3 aromatic rings. The summed E-state index contributed by atoms with van der Waals surface area (Å²) in [6, 6.07) is 18.4. The number of thioether (sulfide) groups is 1. The zero-order chi connectivity index (χ0) is 14.7. The van der Waals surface area contributed by atoms with Crippen molar-refractivity contribution in [2.45, 2.75) is 4.90 Å². The van der Waals surface area contributed by atoms with Gasteiger partial charge in [0.2, 0.25) is 0 Å². The summed E-state index contributed by atoms with van der Waals surface area (Å²) in [5.41, 5.74) is 2.56. The van der Waals surface area contributed by atoms with E-state index in [2.05, 4.69) is 23.2 Å². The molecule has 0 unspecified atom stereocenters. The Bertz CT molecular complexity index is 806. The van der Waals surface area contributed by atoms with E-state index in [9.17, 15) is 5.26 Å². The van der Waals surface area contributed by atoms with Crippen LogP contribution in [0.15, 0.2) is 53.4 Å². The maximum absolute atomic E-state index is 9.41. The second-order valence-electron chi connectivity index (χ2n) is 4.43. The number of rotatable bonds is 3. The predicted molar refractivity (Wildman–Crippen MR) is 91.3 cm³/mol. The molecule has 0 amide bonds. The molecule has 0 aliphatic carbocycles. The van der Waals surface area contributed by atoms with Crippen molar-refractivity contribution >= 4 is 45.0 Å². The topological polar surface area (TPSA) is 36.7 Å². The highest BCUT2D eigenvalue weighted by Gasteiger charge is 2.08. The number of nitrogens with zero attached hydrogens (tertiary/aromatic N) is 2. The number of aromatic nitrogens is 1. The zero-order valence-corrected chi connectivity index (χ0v) is 13.0. The molecular weight excluding hydrogens is 296 g/mol. The normalized spacial score (nSPS) is 11.5. The molecule has 0 N–H and O–H groups in total. The summed E-state index contributed by atoms with van der Waals surface area (Å²) < 4.78 is 1.10. The first-order chi connectivity index (χ1) is 10.3. The predicted octanol–water partition coefficient (Wildman–Crippen LogP) is 5.08. The maximum atomic E-state index is 9.41. The van der Waals surface area contributed by atoms with E-state index in [1.54, 1.807) is 23.1 Å². The van der Waals surface area contributed by atoms with Crippen LogP contribution >= 0.6 is 23.1 Å². The van der Waals surface area contributed by atoms with Crippen molar-refractivity contribution in [2.75, 3.05) is 6.26 Å². The van der Waals surface area contributed by atoms with Crippen LogP contribution in [0.3, 0.4) is 0 Å². The monoisotopic (exact) mass is 308 g/mol. The summed E-state index contributed by atoms with van der Waals surface area (Å²) in [5, 5.41) is 10.2. The lowest BCUT2D eigenvalue weighted by Gasteiger charge is -1.98. The fraction of sp³-hybridized carbons (Fsp3) is 0.0588. The number of fused-ring (bicyclic) bond motifs is 1. The van der Waals surface area contributed by atoms with Gasteiger partial charge in [0.15, 0.2) is 0 Å². The lowest BCUT2D eigenvalue weighted by Crippen LogP contribution is -1.80. The lowest BCUT2D eigenvalue weighted by molar-refractivity contribution is 1.43. The van der Waals surface area contributed by atoms with Crippen LogP contribution < -0.4 is 0 Å². The molecule has 0 aliphatic heterocycles. The van der Waals surface area contributed by atoms with Crippen molar-refractivity contribution < 1.29 is 0 Å². The Kier molecular flexibility index (Phi) is 4.05. The molecule has 1 aromatic heterocycles. The Hall–Kier alpha value is -2.09. The van der Waals surface area contributed by atoms with Gasteiger partial charge < -0.3 is 0 Å². The van der Waals surface area contributed by atoms with Gasteiger partial charge in [-0.1, -0.05) is 24.3 Å². The molecule has 21 heavy (non-hydrogen) atoms. The van der Waals surface area contributed by atoms with Gasteiger partial charge in [0, 0.05) is 4.90 Å². The SMILES string of the molecule is CSc1ccc(C=C(C#N)c2nc3ccccc3s2)cc1. The number of para-hydroxylation sites is 1. The quantitative estimate of drug-likeness (QED) is 0.500. The summed E-state index contributed by atoms with van der Waals surface area (Å²) in [5.74, 6) is 0. The molecule has 2 aromatic carbocycles. The smallest absolute Gasteiger partial charge is 0.135 e. The van der Waals surface area contributed by atoms with Gasteiger partial charge >= 0.3 is 0 Å². The van der Waals surface area contributed by atoms with E-state index < -0.39 is 0 Å². The summed E-state index contributed by atoms with van der Waals surface area (Å²) >= 11 is 3.26. The van der Waals surface area contributed by atoms with E-state index in [-0.39, 0.29) is 0 Å². The second kappa shape index (κ2) is 6.13.